The van der Waals surface area contributed by atoms with Crippen molar-refractivity contribution in [1.82, 2.24) is 0 Å². The number of ether oxygens (including phenoxy) is 1. The van der Waals surface area contributed by atoms with Crippen LogP contribution in [0, 0.1) is 0 Å². The SMILES string of the molecule is C=C(C)C(=O)OCC[S+](c1ccccc1)c1ccccc1.[Cl-]. The number of carbonyl (C=O) groups is 1. The molecule has 0 N–H and O–H groups in total. The number of hydrogen-bond donors (Lipinski definition) is 0. The summed E-state index contributed by atoms with van der Waals surface area (Å²) >= 11 is 0. The quantitative estimate of drug-likeness (QED) is 0.445. The highest BCUT2D eigenvalue weighted by molar-refractivity contribution is 7.97. The standard InChI is InChI=1S/C18H19O2S.ClH/c1-15(2)18(19)20-13-14-21(16-9-5-3-6-10-16)17-11-7-4-8-12-17;/h3-12H,1,13-14H2,2H3;1H/q+1;/p-1. The van der Waals surface area contributed by atoms with Crippen molar-refractivity contribution in [3.05, 3.63) is 72.8 Å². The van der Waals surface area contributed by atoms with Crippen molar-refractivity contribution in [2.45, 2.75) is 16.7 Å². The molecule has 0 spiro atoms. The predicted molar refractivity (Wildman–Crippen MR) is 87.4 cm³/mol. The average Bonchev–Trinajstić information content (AvgIpc) is 2.53. The van der Waals surface area contributed by atoms with E-state index in [1.54, 1.807) is 6.92 Å². The van der Waals surface area contributed by atoms with Gasteiger partial charge in [-0.1, -0.05) is 43.0 Å². The molecule has 0 atom stereocenters. The molecule has 116 valence electrons. The van der Waals surface area contributed by atoms with Crippen LogP contribution in [0.1, 0.15) is 6.92 Å². The van der Waals surface area contributed by atoms with Crippen LogP contribution in [0.3, 0.4) is 0 Å². The lowest BCUT2D eigenvalue weighted by Gasteiger charge is -2.09. The Morgan fingerprint density at radius 1 is 1.00 bits per heavy atom. The summed E-state index contributed by atoms with van der Waals surface area (Å²) in [7, 11) is -0.0878. The summed E-state index contributed by atoms with van der Waals surface area (Å²) in [6.07, 6.45) is 0. The van der Waals surface area contributed by atoms with Crippen molar-refractivity contribution >= 4 is 16.9 Å². The van der Waals surface area contributed by atoms with Crippen LogP contribution in [-0.4, -0.2) is 18.3 Å². The third-order valence-electron chi connectivity index (χ3n) is 2.92. The van der Waals surface area contributed by atoms with E-state index >= 15 is 0 Å². The number of halogens is 1. The molecule has 2 aromatic carbocycles. The van der Waals surface area contributed by atoms with E-state index in [1.165, 1.54) is 9.79 Å². The Labute approximate surface area is 141 Å². The Hall–Kier alpha value is -1.71. The highest BCUT2D eigenvalue weighted by Crippen LogP contribution is 2.23. The minimum absolute atomic E-state index is 0. The van der Waals surface area contributed by atoms with E-state index in [0.717, 1.165) is 5.75 Å². The molecule has 0 aliphatic heterocycles. The van der Waals surface area contributed by atoms with E-state index in [-0.39, 0.29) is 29.3 Å². The van der Waals surface area contributed by atoms with Crippen LogP contribution >= 0.6 is 0 Å². The Bertz CT molecular complexity index is 559. The van der Waals surface area contributed by atoms with Crippen molar-refractivity contribution in [3.8, 4) is 0 Å². The molecule has 2 rings (SSSR count). The Kier molecular flexibility index (Phi) is 7.78. The van der Waals surface area contributed by atoms with Gasteiger partial charge in [-0.3, -0.25) is 0 Å². The minimum atomic E-state index is -0.320. The van der Waals surface area contributed by atoms with Crippen LogP contribution in [0.2, 0.25) is 0 Å². The van der Waals surface area contributed by atoms with Gasteiger partial charge in [-0.15, -0.1) is 0 Å². The topological polar surface area (TPSA) is 26.3 Å². The maximum absolute atomic E-state index is 11.5. The molecule has 0 amide bonds. The Balaban J connectivity index is 0.00000242. The second-order valence-corrected chi connectivity index (χ2v) is 6.77. The lowest BCUT2D eigenvalue weighted by Crippen LogP contribution is -3.00. The fraction of sp³-hybridized carbons (Fsp3) is 0.167. The minimum Gasteiger partial charge on any atom is -1.00 e. The number of rotatable bonds is 6. The average molecular weight is 335 g/mol. The van der Waals surface area contributed by atoms with Gasteiger partial charge in [0.25, 0.3) is 0 Å². The number of hydrogen-bond acceptors (Lipinski definition) is 2. The summed E-state index contributed by atoms with van der Waals surface area (Å²) in [5.41, 5.74) is 0.439. The molecule has 0 aliphatic rings. The second-order valence-electron chi connectivity index (χ2n) is 4.64. The Morgan fingerprint density at radius 2 is 1.45 bits per heavy atom. The van der Waals surface area contributed by atoms with Crippen LogP contribution in [-0.2, 0) is 20.4 Å². The first-order valence-electron chi connectivity index (χ1n) is 6.82. The van der Waals surface area contributed by atoms with E-state index in [1.807, 2.05) is 36.4 Å². The number of esters is 1. The Morgan fingerprint density at radius 3 is 1.86 bits per heavy atom. The van der Waals surface area contributed by atoms with Crippen LogP contribution in [0.5, 0.6) is 0 Å². The van der Waals surface area contributed by atoms with Gasteiger partial charge in [-0.05, 0) is 31.2 Å². The first kappa shape index (κ1) is 18.3. The molecule has 0 heterocycles. The highest BCUT2D eigenvalue weighted by Gasteiger charge is 2.25. The summed E-state index contributed by atoms with van der Waals surface area (Å²) in [5, 5.41) is 0. The maximum atomic E-state index is 11.5. The van der Waals surface area contributed by atoms with Gasteiger partial charge >= 0.3 is 5.97 Å². The van der Waals surface area contributed by atoms with Gasteiger partial charge in [0, 0.05) is 5.57 Å². The van der Waals surface area contributed by atoms with Crippen LogP contribution in [0.25, 0.3) is 0 Å². The van der Waals surface area contributed by atoms with Gasteiger partial charge in [0.05, 0.1) is 10.9 Å². The largest absolute Gasteiger partial charge is 1.00 e. The lowest BCUT2D eigenvalue weighted by atomic mass is 10.4. The van der Waals surface area contributed by atoms with Crippen molar-refractivity contribution in [2.75, 3.05) is 12.4 Å². The summed E-state index contributed by atoms with van der Waals surface area (Å²) < 4.78 is 5.25. The van der Waals surface area contributed by atoms with Gasteiger partial charge in [0.1, 0.15) is 6.61 Å². The predicted octanol–water partition coefficient (Wildman–Crippen LogP) is 0.846. The molecule has 0 unspecified atom stereocenters. The zero-order valence-corrected chi connectivity index (χ0v) is 14.1. The number of benzene rings is 2. The molecule has 0 bridgehead atoms. The lowest BCUT2D eigenvalue weighted by molar-refractivity contribution is -0.138. The molecule has 22 heavy (non-hydrogen) atoms. The molecular formula is C18H19ClO2S. The molecule has 0 aliphatic carbocycles. The normalized spacial score (nSPS) is 9.91. The van der Waals surface area contributed by atoms with Crippen LogP contribution < -0.4 is 12.4 Å². The molecule has 2 aromatic rings. The van der Waals surface area contributed by atoms with Gasteiger partial charge in [0.2, 0.25) is 0 Å². The third kappa shape index (κ3) is 5.24. The smallest absolute Gasteiger partial charge is 0.333 e. The van der Waals surface area contributed by atoms with E-state index in [0.29, 0.717) is 12.2 Å². The third-order valence-corrected chi connectivity index (χ3v) is 5.18. The zero-order valence-electron chi connectivity index (χ0n) is 12.5. The van der Waals surface area contributed by atoms with E-state index < -0.39 is 0 Å². The fourth-order valence-corrected chi connectivity index (χ4v) is 3.85. The first-order valence-corrected chi connectivity index (χ1v) is 8.21. The monoisotopic (exact) mass is 334 g/mol. The molecule has 0 aromatic heterocycles. The fourth-order valence-electron chi connectivity index (χ4n) is 1.88. The van der Waals surface area contributed by atoms with Crippen LogP contribution in [0.4, 0.5) is 0 Å². The summed E-state index contributed by atoms with van der Waals surface area (Å²) in [6.45, 7) is 5.66. The molecular weight excluding hydrogens is 316 g/mol. The molecule has 4 heteroatoms. The summed E-state index contributed by atoms with van der Waals surface area (Å²) in [6, 6.07) is 20.7. The van der Waals surface area contributed by atoms with Gasteiger partial charge in [-0.25, -0.2) is 4.79 Å². The second kappa shape index (κ2) is 9.34. The van der Waals surface area contributed by atoms with Crippen molar-refractivity contribution in [2.24, 2.45) is 0 Å². The highest BCUT2D eigenvalue weighted by atomic mass is 35.5. The first-order chi connectivity index (χ1) is 10.2. The van der Waals surface area contributed by atoms with E-state index in [2.05, 4.69) is 30.8 Å². The summed E-state index contributed by atoms with van der Waals surface area (Å²) in [4.78, 5) is 14.0. The molecule has 0 saturated heterocycles. The zero-order chi connectivity index (χ0) is 15.1. The van der Waals surface area contributed by atoms with E-state index in [9.17, 15) is 4.79 Å². The van der Waals surface area contributed by atoms with Crippen LogP contribution in [0.15, 0.2) is 82.6 Å². The van der Waals surface area contributed by atoms with Gasteiger partial charge in [-0.2, -0.15) is 0 Å². The summed E-state index contributed by atoms with van der Waals surface area (Å²) in [5.74, 6) is 0.465. The van der Waals surface area contributed by atoms with Crippen molar-refractivity contribution in [1.29, 1.82) is 0 Å². The maximum Gasteiger partial charge on any atom is 0.333 e. The van der Waals surface area contributed by atoms with Gasteiger partial charge in [0.15, 0.2) is 15.5 Å². The molecule has 0 fully saturated rings. The van der Waals surface area contributed by atoms with Crippen molar-refractivity contribution < 1.29 is 21.9 Å². The van der Waals surface area contributed by atoms with Gasteiger partial charge < -0.3 is 17.1 Å². The molecule has 2 nitrogen and oxygen atoms in total. The van der Waals surface area contributed by atoms with Crippen molar-refractivity contribution in [3.63, 3.8) is 0 Å². The molecule has 0 radical (unpaired) electrons. The van der Waals surface area contributed by atoms with E-state index in [4.69, 9.17) is 4.74 Å². The number of carbonyl (C=O) groups excluding carboxylic acids is 1. The molecule has 0 saturated carbocycles.